The van der Waals surface area contributed by atoms with E-state index in [9.17, 15) is 19.3 Å². The first-order valence-corrected chi connectivity index (χ1v) is 9.63. The zero-order chi connectivity index (χ0) is 21.7. The van der Waals surface area contributed by atoms with Crippen LogP contribution in [0.4, 0.5) is 10.1 Å². The molecule has 3 aromatic rings. The zero-order valence-electron chi connectivity index (χ0n) is 16.8. The first-order chi connectivity index (χ1) is 14.4. The predicted molar refractivity (Wildman–Crippen MR) is 112 cm³/mol. The van der Waals surface area contributed by atoms with E-state index >= 15 is 0 Å². The highest BCUT2D eigenvalue weighted by atomic mass is 19.1. The van der Waals surface area contributed by atoms with Crippen LogP contribution in [0.25, 0.3) is 0 Å². The van der Waals surface area contributed by atoms with Crippen LogP contribution in [0.1, 0.15) is 46.4 Å². The van der Waals surface area contributed by atoms with E-state index < -0.39 is 11.0 Å². The molecule has 0 bridgehead atoms. The number of hydrogen-bond donors (Lipinski definition) is 0. The minimum Gasteiger partial charge on any atom is -0.327 e. The van der Waals surface area contributed by atoms with Gasteiger partial charge in [0.05, 0.1) is 11.0 Å². The van der Waals surface area contributed by atoms with Gasteiger partial charge in [-0.1, -0.05) is 31.2 Å². The van der Waals surface area contributed by atoms with Crippen molar-refractivity contribution in [1.29, 1.82) is 0 Å². The molecule has 2 aromatic carbocycles. The lowest BCUT2D eigenvalue weighted by atomic mass is 9.96. The number of pyridine rings is 1. The van der Waals surface area contributed by atoms with Crippen LogP contribution in [-0.4, -0.2) is 27.3 Å². The predicted octanol–water partition coefficient (Wildman–Crippen LogP) is 5.08. The number of aryl methyl sites for hydroxylation is 1. The average molecular weight is 407 g/mol. The molecule has 0 aliphatic rings. The number of rotatable bonds is 7. The smallest absolute Gasteiger partial charge is 0.270 e. The summed E-state index contributed by atoms with van der Waals surface area (Å²) in [5.74, 6) is -0.692. The Labute approximate surface area is 174 Å². The van der Waals surface area contributed by atoms with Gasteiger partial charge in [-0.15, -0.1) is 0 Å². The van der Waals surface area contributed by atoms with Gasteiger partial charge in [0.15, 0.2) is 0 Å². The second kappa shape index (κ2) is 9.26. The summed E-state index contributed by atoms with van der Waals surface area (Å²) in [5.41, 5.74) is 2.28. The number of amides is 1. The summed E-state index contributed by atoms with van der Waals surface area (Å²) in [6.45, 7) is 4.11. The van der Waals surface area contributed by atoms with Crippen molar-refractivity contribution in [3.8, 4) is 0 Å². The van der Waals surface area contributed by atoms with E-state index in [0.717, 1.165) is 11.1 Å². The molecular weight excluding hydrogens is 385 g/mol. The number of hydrogen-bond acceptors (Lipinski definition) is 4. The van der Waals surface area contributed by atoms with Crippen molar-refractivity contribution < 1.29 is 14.1 Å². The Morgan fingerprint density at radius 1 is 1.17 bits per heavy atom. The standard InChI is InChI=1S/C23H22FN3O3/c1-3-13-26(23(28)21-14-20(27(29)30)11-6-16(21)2)22(18-5-4-12-25-15-18)17-7-9-19(24)10-8-17/h4-12,14-15,22H,3,13H2,1-2H3. The average Bonchev–Trinajstić information content (AvgIpc) is 2.75. The van der Waals surface area contributed by atoms with Gasteiger partial charge in [0.2, 0.25) is 0 Å². The molecule has 6 nitrogen and oxygen atoms in total. The number of aromatic nitrogens is 1. The first-order valence-electron chi connectivity index (χ1n) is 9.63. The molecule has 0 spiro atoms. The Morgan fingerprint density at radius 2 is 1.90 bits per heavy atom. The van der Waals surface area contributed by atoms with Crippen molar-refractivity contribution in [3.05, 3.63) is 105 Å². The Hall–Kier alpha value is -3.61. The highest BCUT2D eigenvalue weighted by Crippen LogP contribution is 2.31. The largest absolute Gasteiger partial charge is 0.327 e. The molecule has 154 valence electrons. The number of nitro groups is 1. The van der Waals surface area contributed by atoms with Crippen LogP contribution in [-0.2, 0) is 0 Å². The van der Waals surface area contributed by atoms with Gasteiger partial charge >= 0.3 is 0 Å². The van der Waals surface area contributed by atoms with Crippen molar-refractivity contribution in [1.82, 2.24) is 9.88 Å². The summed E-state index contributed by atoms with van der Waals surface area (Å²) in [7, 11) is 0. The van der Waals surface area contributed by atoms with E-state index in [1.165, 1.54) is 24.3 Å². The van der Waals surface area contributed by atoms with Gasteiger partial charge in [0.1, 0.15) is 5.82 Å². The monoisotopic (exact) mass is 407 g/mol. The SMILES string of the molecule is CCCN(C(=O)c1cc([N+](=O)[O-])ccc1C)C(c1ccc(F)cc1)c1cccnc1. The van der Waals surface area contributed by atoms with Gasteiger partial charge in [0, 0.05) is 36.6 Å². The number of halogens is 1. The lowest BCUT2D eigenvalue weighted by molar-refractivity contribution is -0.384. The lowest BCUT2D eigenvalue weighted by Gasteiger charge is -2.33. The van der Waals surface area contributed by atoms with Gasteiger partial charge in [-0.2, -0.15) is 0 Å². The van der Waals surface area contributed by atoms with E-state index in [-0.39, 0.29) is 23.0 Å². The van der Waals surface area contributed by atoms with E-state index in [0.29, 0.717) is 18.5 Å². The molecule has 0 saturated carbocycles. The third kappa shape index (κ3) is 4.51. The fraction of sp³-hybridized carbons (Fsp3) is 0.217. The number of carbonyl (C=O) groups excluding carboxylic acids is 1. The van der Waals surface area contributed by atoms with Crippen LogP contribution < -0.4 is 0 Å². The molecule has 7 heteroatoms. The van der Waals surface area contributed by atoms with Crippen LogP contribution in [0.15, 0.2) is 67.0 Å². The second-order valence-corrected chi connectivity index (χ2v) is 7.00. The summed E-state index contributed by atoms with van der Waals surface area (Å²) < 4.78 is 13.5. The summed E-state index contributed by atoms with van der Waals surface area (Å²) in [4.78, 5) is 30.1. The molecule has 1 aromatic heterocycles. The quantitative estimate of drug-likeness (QED) is 0.404. The van der Waals surface area contributed by atoms with Gasteiger partial charge < -0.3 is 4.90 Å². The van der Waals surface area contributed by atoms with Crippen molar-refractivity contribution in [3.63, 3.8) is 0 Å². The maximum absolute atomic E-state index is 13.6. The highest BCUT2D eigenvalue weighted by molar-refractivity contribution is 5.96. The zero-order valence-corrected chi connectivity index (χ0v) is 16.8. The summed E-state index contributed by atoms with van der Waals surface area (Å²) in [6, 6.07) is 13.4. The Bertz CT molecular complexity index is 1040. The molecule has 0 saturated heterocycles. The Morgan fingerprint density at radius 3 is 2.50 bits per heavy atom. The normalized spacial score (nSPS) is 11.7. The van der Waals surface area contributed by atoms with Crippen LogP contribution in [0.2, 0.25) is 0 Å². The lowest BCUT2D eigenvalue weighted by Crippen LogP contribution is -2.36. The third-order valence-electron chi connectivity index (χ3n) is 4.89. The van der Waals surface area contributed by atoms with E-state index in [1.807, 2.05) is 13.0 Å². The Balaban J connectivity index is 2.13. The first kappa shape index (κ1) is 21.1. The minimum absolute atomic E-state index is 0.139. The number of nitro benzene ring substituents is 1. The maximum Gasteiger partial charge on any atom is 0.270 e. The molecular formula is C23H22FN3O3. The molecule has 0 aliphatic carbocycles. The summed E-state index contributed by atoms with van der Waals surface area (Å²) in [6.07, 6.45) is 3.99. The van der Waals surface area contributed by atoms with Gasteiger partial charge in [0.25, 0.3) is 11.6 Å². The van der Waals surface area contributed by atoms with Crippen molar-refractivity contribution in [2.75, 3.05) is 6.54 Å². The molecule has 1 heterocycles. The Kier molecular flexibility index (Phi) is 6.51. The maximum atomic E-state index is 13.6. The number of carbonyl (C=O) groups is 1. The van der Waals surface area contributed by atoms with E-state index in [2.05, 4.69) is 4.98 Å². The molecule has 1 amide bonds. The van der Waals surface area contributed by atoms with E-state index in [4.69, 9.17) is 0 Å². The fourth-order valence-corrected chi connectivity index (χ4v) is 3.43. The third-order valence-corrected chi connectivity index (χ3v) is 4.89. The van der Waals surface area contributed by atoms with Gasteiger partial charge in [-0.05, 0) is 48.2 Å². The highest BCUT2D eigenvalue weighted by Gasteiger charge is 2.29. The number of benzene rings is 2. The molecule has 3 rings (SSSR count). The minimum atomic E-state index is -0.515. The van der Waals surface area contributed by atoms with Crippen molar-refractivity contribution in [2.45, 2.75) is 26.3 Å². The van der Waals surface area contributed by atoms with Crippen LogP contribution in [0.3, 0.4) is 0 Å². The molecule has 0 radical (unpaired) electrons. The molecule has 1 unspecified atom stereocenters. The van der Waals surface area contributed by atoms with Crippen LogP contribution in [0.5, 0.6) is 0 Å². The van der Waals surface area contributed by atoms with Crippen molar-refractivity contribution >= 4 is 11.6 Å². The molecule has 1 atom stereocenters. The summed E-state index contributed by atoms with van der Waals surface area (Å²) >= 11 is 0. The van der Waals surface area contributed by atoms with Crippen LogP contribution in [0, 0.1) is 22.9 Å². The number of nitrogens with zero attached hydrogens (tertiary/aromatic N) is 3. The topological polar surface area (TPSA) is 76.3 Å². The van der Waals surface area contributed by atoms with Gasteiger partial charge in [-0.3, -0.25) is 19.9 Å². The van der Waals surface area contributed by atoms with Crippen molar-refractivity contribution in [2.24, 2.45) is 0 Å². The van der Waals surface area contributed by atoms with Gasteiger partial charge in [-0.25, -0.2) is 4.39 Å². The fourth-order valence-electron chi connectivity index (χ4n) is 3.43. The molecule has 30 heavy (non-hydrogen) atoms. The second-order valence-electron chi connectivity index (χ2n) is 7.00. The number of non-ortho nitro benzene ring substituents is 1. The molecule has 0 fully saturated rings. The summed E-state index contributed by atoms with van der Waals surface area (Å²) in [5, 5.41) is 11.2. The molecule has 0 aliphatic heterocycles. The van der Waals surface area contributed by atoms with Crippen LogP contribution >= 0.6 is 0 Å². The molecule has 0 N–H and O–H groups in total. The van der Waals surface area contributed by atoms with E-state index in [1.54, 1.807) is 48.5 Å².